The molecule has 0 bridgehead atoms. The zero-order valence-electron chi connectivity index (χ0n) is 10.1. The van der Waals surface area contributed by atoms with Crippen molar-refractivity contribution in [3.8, 4) is 0 Å². The second-order valence-electron chi connectivity index (χ2n) is 4.31. The lowest BCUT2D eigenvalue weighted by Gasteiger charge is -2.22. The third-order valence-corrected chi connectivity index (χ3v) is 4.39. The predicted molar refractivity (Wildman–Crippen MR) is 68.6 cm³/mol. The van der Waals surface area contributed by atoms with Gasteiger partial charge in [0.15, 0.2) is 0 Å². The molecule has 2 heterocycles. The van der Waals surface area contributed by atoms with Crippen LogP contribution in [-0.4, -0.2) is 32.8 Å². The molecule has 1 aliphatic rings. The molecule has 0 radical (unpaired) electrons. The van der Waals surface area contributed by atoms with Gasteiger partial charge in [0.25, 0.3) is 5.91 Å². The van der Waals surface area contributed by atoms with Crippen molar-refractivity contribution in [3.63, 3.8) is 0 Å². The average Bonchev–Trinajstić information content (AvgIpc) is 2.75. The maximum Gasteiger partial charge on any atom is 0.269 e. The Bertz CT molecular complexity index is 547. The zero-order chi connectivity index (χ0) is 13.9. The van der Waals surface area contributed by atoms with Crippen LogP contribution in [0.1, 0.15) is 29.6 Å². The van der Waals surface area contributed by atoms with Crippen molar-refractivity contribution < 1.29 is 22.4 Å². The molecule has 6 nitrogen and oxygen atoms in total. The number of hydrogen-bond donors (Lipinski definition) is 1. The quantitative estimate of drug-likeness (QED) is 0.912. The molecular formula is C11H14ClNO5S. The highest BCUT2D eigenvalue weighted by atomic mass is 35.5. The van der Waals surface area contributed by atoms with Crippen molar-refractivity contribution in [1.29, 1.82) is 0 Å². The Balaban J connectivity index is 1.97. The molecule has 8 heteroatoms. The van der Waals surface area contributed by atoms with Gasteiger partial charge in [0.1, 0.15) is 0 Å². The minimum Gasteiger partial charge on any atom is -0.452 e. The second-order valence-corrected chi connectivity index (χ2v) is 6.42. The van der Waals surface area contributed by atoms with E-state index in [4.69, 9.17) is 20.8 Å². The molecule has 19 heavy (non-hydrogen) atoms. The lowest BCUT2D eigenvalue weighted by molar-refractivity contribution is 0.0304. The van der Waals surface area contributed by atoms with Gasteiger partial charge in [-0.2, -0.15) is 0 Å². The van der Waals surface area contributed by atoms with E-state index < -0.39 is 15.9 Å². The molecule has 1 N–H and O–H groups in total. The number of sulfonamides is 1. The van der Waals surface area contributed by atoms with Gasteiger partial charge in [-0.15, -0.1) is 0 Å². The Hall–Kier alpha value is -1.05. The Morgan fingerprint density at radius 1 is 1.47 bits per heavy atom. The smallest absolute Gasteiger partial charge is 0.269 e. The van der Waals surface area contributed by atoms with E-state index >= 15 is 0 Å². The fourth-order valence-corrected chi connectivity index (χ4v) is 3.31. The molecule has 1 aromatic heterocycles. The first-order valence-electron chi connectivity index (χ1n) is 5.87. The molecule has 1 amide bonds. The molecule has 1 fully saturated rings. The summed E-state index contributed by atoms with van der Waals surface area (Å²) in [6.07, 6.45) is 3.41. The number of hydrogen-bond acceptors (Lipinski definition) is 5. The van der Waals surface area contributed by atoms with Crippen molar-refractivity contribution in [2.24, 2.45) is 0 Å². The summed E-state index contributed by atoms with van der Waals surface area (Å²) in [6, 6.07) is 1.31. The number of nitrogens with one attached hydrogen (secondary N) is 1. The van der Waals surface area contributed by atoms with Crippen LogP contribution in [0.2, 0.25) is 5.22 Å². The molecular weight excluding hydrogens is 294 g/mol. The lowest BCUT2D eigenvalue weighted by Crippen LogP contribution is -2.38. The normalized spacial score (nSPS) is 20.2. The maximum atomic E-state index is 11.8. The Labute approximate surface area is 116 Å². The summed E-state index contributed by atoms with van der Waals surface area (Å²) in [4.78, 5) is 11.7. The minimum absolute atomic E-state index is 0.00481. The van der Waals surface area contributed by atoms with Crippen LogP contribution in [0.25, 0.3) is 0 Å². The molecule has 0 aromatic carbocycles. The Kier molecular flexibility index (Phi) is 4.49. The monoisotopic (exact) mass is 307 g/mol. The van der Waals surface area contributed by atoms with Crippen LogP contribution >= 0.6 is 11.6 Å². The molecule has 1 unspecified atom stereocenters. The van der Waals surface area contributed by atoms with Gasteiger partial charge < -0.3 is 9.15 Å². The van der Waals surface area contributed by atoms with Gasteiger partial charge in [0.05, 0.1) is 23.7 Å². The van der Waals surface area contributed by atoms with Crippen molar-refractivity contribution in [1.82, 2.24) is 4.72 Å². The van der Waals surface area contributed by atoms with E-state index in [9.17, 15) is 13.2 Å². The summed E-state index contributed by atoms with van der Waals surface area (Å²) >= 11 is 5.61. The number of ether oxygens (including phenoxy) is 1. The number of halogens is 1. The average molecular weight is 308 g/mol. The highest BCUT2D eigenvalue weighted by molar-refractivity contribution is 7.90. The fraction of sp³-hybridized carbons (Fsp3) is 0.545. The molecule has 1 atom stereocenters. The molecule has 0 spiro atoms. The van der Waals surface area contributed by atoms with Crippen LogP contribution in [0.3, 0.4) is 0 Å². The van der Waals surface area contributed by atoms with E-state index in [0.717, 1.165) is 12.8 Å². The van der Waals surface area contributed by atoms with Gasteiger partial charge in [0, 0.05) is 6.61 Å². The zero-order valence-corrected chi connectivity index (χ0v) is 11.7. The largest absolute Gasteiger partial charge is 0.452 e. The van der Waals surface area contributed by atoms with Gasteiger partial charge in [0.2, 0.25) is 15.2 Å². The van der Waals surface area contributed by atoms with Gasteiger partial charge in [-0.05, 0) is 36.9 Å². The molecule has 1 aliphatic heterocycles. The van der Waals surface area contributed by atoms with Gasteiger partial charge in [-0.3, -0.25) is 4.79 Å². The SMILES string of the molecule is O=C(NS(=O)(=O)CC1CCCCO1)c1ccoc1Cl. The lowest BCUT2D eigenvalue weighted by atomic mass is 10.1. The van der Waals surface area contributed by atoms with E-state index in [-0.39, 0.29) is 22.6 Å². The van der Waals surface area contributed by atoms with Gasteiger partial charge in [-0.25, -0.2) is 13.1 Å². The van der Waals surface area contributed by atoms with E-state index in [1.165, 1.54) is 12.3 Å². The van der Waals surface area contributed by atoms with Gasteiger partial charge in [-0.1, -0.05) is 0 Å². The molecule has 1 saturated heterocycles. The van der Waals surface area contributed by atoms with E-state index in [1.54, 1.807) is 0 Å². The molecule has 2 rings (SSSR count). The summed E-state index contributed by atoms with van der Waals surface area (Å²) in [5, 5.41) is -0.137. The van der Waals surface area contributed by atoms with Crippen LogP contribution in [0.5, 0.6) is 0 Å². The number of carbonyl (C=O) groups excluding carboxylic acids is 1. The van der Waals surface area contributed by atoms with Crippen molar-refractivity contribution in [3.05, 3.63) is 23.1 Å². The van der Waals surface area contributed by atoms with Crippen LogP contribution in [0.15, 0.2) is 16.7 Å². The molecule has 0 aliphatic carbocycles. The van der Waals surface area contributed by atoms with Crippen molar-refractivity contribution in [2.75, 3.05) is 12.4 Å². The highest BCUT2D eigenvalue weighted by Gasteiger charge is 2.25. The summed E-state index contributed by atoms with van der Waals surface area (Å²) in [6.45, 7) is 0.557. The first-order valence-corrected chi connectivity index (χ1v) is 7.90. The third-order valence-electron chi connectivity index (χ3n) is 2.79. The van der Waals surface area contributed by atoms with Crippen LogP contribution in [0.4, 0.5) is 0 Å². The van der Waals surface area contributed by atoms with Crippen LogP contribution in [0, 0.1) is 0 Å². The molecule has 106 valence electrons. The number of amides is 1. The first-order chi connectivity index (χ1) is 8.98. The predicted octanol–water partition coefficient (Wildman–Crippen LogP) is 1.56. The van der Waals surface area contributed by atoms with Crippen LogP contribution < -0.4 is 4.72 Å². The Morgan fingerprint density at radius 2 is 2.26 bits per heavy atom. The summed E-state index contributed by atoms with van der Waals surface area (Å²) in [7, 11) is -3.75. The molecule has 1 aromatic rings. The summed E-state index contributed by atoms with van der Waals surface area (Å²) in [5.41, 5.74) is -0.00481. The minimum atomic E-state index is -3.75. The van der Waals surface area contributed by atoms with E-state index in [0.29, 0.717) is 13.0 Å². The third kappa shape index (κ3) is 3.95. The maximum absolute atomic E-state index is 11.8. The standard InChI is InChI=1S/C11H14ClNO5S/c12-10-9(4-6-18-10)11(14)13-19(15,16)7-8-3-1-2-5-17-8/h4,6,8H,1-3,5,7H2,(H,13,14). The topological polar surface area (TPSA) is 85.6 Å². The number of carbonyl (C=O) groups is 1. The van der Waals surface area contributed by atoms with Gasteiger partial charge >= 0.3 is 0 Å². The van der Waals surface area contributed by atoms with Crippen molar-refractivity contribution >= 4 is 27.5 Å². The summed E-state index contributed by atoms with van der Waals surface area (Å²) in [5.74, 6) is -1.02. The second kappa shape index (κ2) is 5.94. The fourth-order valence-electron chi connectivity index (χ4n) is 1.88. The number of rotatable bonds is 4. The van der Waals surface area contributed by atoms with Crippen molar-refractivity contribution in [2.45, 2.75) is 25.4 Å². The molecule has 0 saturated carbocycles. The van der Waals surface area contributed by atoms with Crippen LogP contribution in [-0.2, 0) is 14.8 Å². The first kappa shape index (κ1) is 14.4. The van der Waals surface area contributed by atoms with E-state index in [1.807, 2.05) is 4.72 Å². The number of furan rings is 1. The summed E-state index contributed by atoms with van der Waals surface area (Å²) < 4.78 is 35.7. The van der Waals surface area contributed by atoms with E-state index in [2.05, 4.69) is 0 Å². The highest BCUT2D eigenvalue weighted by Crippen LogP contribution is 2.17. The Morgan fingerprint density at radius 3 is 2.84 bits per heavy atom.